The van der Waals surface area contributed by atoms with Crippen molar-refractivity contribution in [1.29, 1.82) is 0 Å². The van der Waals surface area contributed by atoms with Gasteiger partial charge in [0.25, 0.3) is 0 Å². The molecule has 3 aromatic rings. The van der Waals surface area contributed by atoms with Crippen molar-refractivity contribution in [3.05, 3.63) is 66.0 Å². The molecule has 1 atom stereocenters. The van der Waals surface area contributed by atoms with Crippen LogP contribution in [0.25, 0.3) is 11.3 Å². The van der Waals surface area contributed by atoms with Crippen LogP contribution in [0.2, 0.25) is 0 Å². The number of hydrogen-bond donors (Lipinski definition) is 0. The number of anilines is 1. The topological polar surface area (TPSA) is 67.8 Å². The molecule has 0 bridgehead atoms. The fraction of sp³-hybridized carbons (Fsp3) is 0.370. The Morgan fingerprint density at radius 3 is 2.50 bits per heavy atom. The van der Waals surface area contributed by atoms with E-state index >= 15 is 0 Å². The average molecular weight is 459 g/mol. The summed E-state index contributed by atoms with van der Waals surface area (Å²) in [6, 6.07) is 16.2. The highest BCUT2D eigenvalue weighted by Gasteiger charge is 2.32. The van der Waals surface area contributed by atoms with E-state index < -0.39 is 0 Å². The zero-order valence-corrected chi connectivity index (χ0v) is 19.7. The standard InChI is InChI=1S/C27H30N4O3/c1-33-24-13-20-10-12-31(17-22(20)14-25(24)34-2)27(32)21-9-6-11-30(16-21)26-15-23(28-18-29-26)19-7-4-3-5-8-19/h3-5,7-8,13-15,18,21H,6,9-12,16-17H2,1-2H3. The summed E-state index contributed by atoms with van der Waals surface area (Å²) in [7, 11) is 3.29. The maximum atomic E-state index is 13.5. The van der Waals surface area contributed by atoms with Crippen molar-refractivity contribution in [2.75, 3.05) is 38.8 Å². The zero-order valence-electron chi connectivity index (χ0n) is 19.7. The first-order valence-corrected chi connectivity index (χ1v) is 11.8. The molecule has 2 aliphatic heterocycles. The van der Waals surface area contributed by atoms with Gasteiger partial charge < -0.3 is 19.3 Å². The molecule has 1 unspecified atom stereocenters. The van der Waals surface area contributed by atoms with Gasteiger partial charge in [-0.25, -0.2) is 9.97 Å². The fourth-order valence-electron chi connectivity index (χ4n) is 5.00. The molecule has 1 amide bonds. The van der Waals surface area contributed by atoms with E-state index in [0.29, 0.717) is 18.8 Å². The summed E-state index contributed by atoms with van der Waals surface area (Å²) in [5.74, 6) is 2.52. The number of carbonyl (C=O) groups excluding carboxylic acids is 1. The highest BCUT2D eigenvalue weighted by Crippen LogP contribution is 2.34. The van der Waals surface area contributed by atoms with E-state index in [9.17, 15) is 4.79 Å². The van der Waals surface area contributed by atoms with E-state index in [4.69, 9.17) is 9.47 Å². The minimum Gasteiger partial charge on any atom is -0.493 e. The van der Waals surface area contributed by atoms with Gasteiger partial charge in [-0.3, -0.25) is 4.79 Å². The lowest BCUT2D eigenvalue weighted by Crippen LogP contribution is -2.46. The third-order valence-electron chi connectivity index (χ3n) is 6.85. The molecular formula is C27H30N4O3. The lowest BCUT2D eigenvalue weighted by molar-refractivity contribution is -0.136. The second-order valence-electron chi connectivity index (χ2n) is 8.90. The summed E-state index contributed by atoms with van der Waals surface area (Å²) in [6.07, 6.45) is 4.31. The summed E-state index contributed by atoms with van der Waals surface area (Å²) < 4.78 is 10.9. The van der Waals surface area contributed by atoms with Crippen molar-refractivity contribution in [3.63, 3.8) is 0 Å². The molecule has 0 N–H and O–H groups in total. The lowest BCUT2D eigenvalue weighted by Gasteiger charge is -2.37. The maximum absolute atomic E-state index is 13.5. The minimum atomic E-state index is -0.0365. The Bertz CT molecular complexity index is 1170. The van der Waals surface area contributed by atoms with E-state index in [1.165, 1.54) is 5.56 Å². The predicted octanol–water partition coefficient (Wildman–Crippen LogP) is 3.96. The molecule has 5 rings (SSSR count). The van der Waals surface area contributed by atoms with Gasteiger partial charge in [-0.1, -0.05) is 30.3 Å². The van der Waals surface area contributed by atoms with Crippen LogP contribution in [0.5, 0.6) is 11.5 Å². The number of hydrogen-bond acceptors (Lipinski definition) is 6. The predicted molar refractivity (Wildman–Crippen MR) is 131 cm³/mol. The second-order valence-corrected chi connectivity index (χ2v) is 8.90. The fourth-order valence-corrected chi connectivity index (χ4v) is 5.00. The van der Waals surface area contributed by atoms with Gasteiger partial charge in [-0.15, -0.1) is 0 Å². The molecule has 7 heteroatoms. The molecular weight excluding hydrogens is 428 g/mol. The molecule has 1 fully saturated rings. The molecule has 7 nitrogen and oxygen atoms in total. The van der Waals surface area contributed by atoms with E-state index in [-0.39, 0.29) is 11.8 Å². The lowest BCUT2D eigenvalue weighted by atomic mass is 9.93. The van der Waals surface area contributed by atoms with Crippen LogP contribution in [-0.4, -0.2) is 54.6 Å². The Hall–Kier alpha value is -3.61. The third-order valence-corrected chi connectivity index (χ3v) is 6.85. The van der Waals surface area contributed by atoms with Crippen LogP contribution >= 0.6 is 0 Å². The molecule has 0 aliphatic carbocycles. The first kappa shape index (κ1) is 22.2. The van der Waals surface area contributed by atoms with Gasteiger partial charge in [0, 0.05) is 37.8 Å². The first-order chi connectivity index (χ1) is 16.7. The van der Waals surface area contributed by atoms with Crippen LogP contribution < -0.4 is 14.4 Å². The van der Waals surface area contributed by atoms with Crippen LogP contribution in [0.15, 0.2) is 54.9 Å². The first-order valence-electron chi connectivity index (χ1n) is 11.8. The van der Waals surface area contributed by atoms with Crippen molar-refractivity contribution in [2.24, 2.45) is 5.92 Å². The number of rotatable bonds is 5. The van der Waals surface area contributed by atoms with Crippen LogP contribution in [0, 0.1) is 5.92 Å². The summed E-state index contributed by atoms with van der Waals surface area (Å²) in [5.41, 5.74) is 4.32. The molecule has 3 heterocycles. The molecule has 0 saturated carbocycles. The summed E-state index contributed by atoms with van der Waals surface area (Å²) in [6.45, 7) is 2.91. The normalized spacial score (nSPS) is 17.8. The number of amides is 1. The third kappa shape index (κ3) is 4.42. The Labute approximate surface area is 200 Å². The SMILES string of the molecule is COc1cc2c(cc1OC)CN(C(=O)C1CCCN(c3cc(-c4ccccc4)ncn3)C1)CC2. The van der Waals surface area contributed by atoms with Gasteiger partial charge in [0.1, 0.15) is 12.1 Å². The number of nitrogens with zero attached hydrogens (tertiary/aromatic N) is 4. The summed E-state index contributed by atoms with van der Waals surface area (Å²) in [5, 5.41) is 0. The molecule has 1 saturated heterocycles. The minimum absolute atomic E-state index is 0.0365. The number of fused-ring (bicyclic) bond motifs is 1. The molecule has 0 radical (unpaired) electrons. The van der Waals surface area contributed by atoms with Gasteiger partial charge in [-0.2, -0.15) is 0 Å². The maximum Gasteiger partial charge on any atom is 0.227 e. The van der Waals surface area contributed by atoms with Gasteiger partial charge in [0.15, 0.2) is 11.5 Å². The monoisotopic (exact) mass is 458 g/mol. The van der Waals surface area contributed by atoms with Crippen molar-refractivity contribution < 1.29 is 14.3 Å². The molecule has 176 valence electrons. The van der Waals surface area contributed by atoms with Crippen LogP contribution in [0.3, 0.4) is 0 Å². The van der Waals surface area contributed by atoms with E-state index in [1.54, 1.807) is 20.5 Å². The van der Waals surface area contributed by atoms with Gasteiger partial charge in [0.2, 0.25) is 5.91 Å². The summed E-state index contributed by atoms with van der Waals surface area (Å²) in [4.78, 5) is 26.7. The summed E-state index contributed by atoms with van der Waals surface area (Å²) >= 11 is 0. The number of carbonyl (C=O) groups is 1. The Morgan fingerprint density at radius 1 is 0.971 bits per heavy atom. The molecule has 1 aromatic heterocycles. The highest BCUT2D eigenvalue weighted by atomic mass is 16.5. The van der Waals surface area contributed by atoms with Crippen molar-refractivity contribution in [3.8, 4) is 22.8 Å². The number of ether oxygens (including phenoxy) is 2. The quantitative estimate of drug-likeness (QED) is 0.577. The number of piperidine rings is 1. The van der Waals surface area contributed by atoms with E-state index in [1.807, 2.05) is 53.4 Å². The van der Waals surface area contributed by atoms with E-state index in [0.717, 1.165) is 60.7 Å². The van der Waals surface area contributed by atoms with Gasteiger partial charge in [0.05, 0.1) is 25.8 Å². The Morgan fingerprint density at radius 2 is 1.74 bits per heavy atom. The smallest absolute Gasteiger partial charge is 0.227 e. The van der Waals surface area contributed by atoms with E-state index in [2.05, 4.69) is 14.9 Å². The number of benzene rings is 2. The van der Waals surface area contributed by atoms with Gasteiger partial charge >= 0.3 is 0 Å². The van der Waals surface area contributed by atoms with Crippen LogP contribution in [-0.2, 0) is 17.8 Å². The van der Waals surface area contributed by atoms with Gasteiger partial charge in [-0.05, 0) is 42.5 Å². The molecule has 2 aliphatic rings. The largest absolute Gasteiger partial charge is 0.493 e. The second kappa shape index (κ2) is 9.71. The van der Waals surface area contributed by atoms with Crippen molar-refractivity contribution >= 4 is 11.7 Å². The molecule has 2 aromatic carbocycles. The highest BCUT2D eigenvalue weighted by molar-refractivity contribution is 5.80. The zero-order chi connectivity index (χ0) is 23.5. The number of methoxy groups -OCH3 is 2. The Balaban J connectivity index is 1.30. The van der Waals surface area contributed by atoms with Crippen molar-refractivity contribution in [1.82, 2.24) is 14.9 Å². The molecule has 34 heavy (non-hydrogen) atoms. The number of aromatic nitrogens is 2. The van der Waals surface area contributed by atoms with Crippen LogP contribution in [0.4, 0.5) is 5.82 Å². The molecule has 0 spiro atoms. The average Bonchev–Trinajstić information content (AvgIpc) is 2.92. The Kier molecular flexibility index (Phi) is 6.34. The van der Waals surface area contributed by atoms with Crippen molar-refractivity contribution in [2.45, 2.75) is 25.8 Å². The van der Waals surface area contributed by atoms with Crippen LogP contribution in [0.1, 0.15) is 24.0 Å².